The number of nitrogens with two attached hydrogens (primary N) is 1. The van der Waals surface area contributed by atoms with Crippen molar-refractivity contribution in [1.82, 2.24) is 0 Å². The maximum atomic E-state index is 5.57. The summed E-state index contributed by atoms with van der Waals surface area (Å²) in [4.78, 5) is 0. The molecule has 1 aromatic rings. The molecule has 0 radical (unpaired) electrons. The van der Waals surface area contributed by atoms with Crippen LogP contribution in [0, 0.1) is 6.92 Å². The Hall–Kier alpha value is -0.840. The van der Waals surface area contributed by atoms with E-state index >= 15 is 0 Å². The maximum absolute atomic E-state index is 5.57. The van der Waals surface area contributed by atoms with Gasteiger partial charge in [0.25, 0.3) is 0 Å². The Kier molecular flexibility index (Phi) is 4.65. The summed E-state index contributed by atoms with van der Waals surface area (Å²) in [5.41, 5.74) is 5.57. The van der Waals surface area contributed by atoms with Crippen LogP contribution >= 0.6 is 0 Å². The van der Waals surface area contributed by atoms with Gasteiger partial charge in [-0.15, -0.1) is 0 Å². The first-order valence-corrected chi connectivity index (χ1v) is 4.65. The average molecular weight is 199 g/mol. The Morgan fingerprint density at radius 3 is 2.71 bits per heavy atom. The second kappa shape index (κ2) is 5.80. The highest BCUT2D eigenvalue weighted by Gasteiger charge is 2.13. The van der Waals surface area contributed by atoms with Crippen LogP contribution in [0.15, 0.2) is 16.5 Å². The van der Waals surface area contributed by atoms with Crippen molar-refractivity contribution in [2.75, 3.05) is 26.9 Å². The molecule has 0 saturated carbocycles. The highest BCUT2D eigenvalue weighted by molar-refractivity contribution is 5.08. The Balaban J connectivity index is 2.45. The molecule has 0 aliphatic carbocycles. The van der Waals surface area contributed by atoms with Gasteiger partial charge >= 0.3 is 0 Å². The monoisotopic (exact) mass is 199 g/mol. The number of hydrogen-bond acceptors (Lipinski definition) is 4. The van der Waals surface area contributed by atoms with Crippen LogP contribution in [0.4, 0.5) is 0 Å². The molecule has 1 atom stereocenters. The molecular weight excluding hydrogens is 182 g/mol. The van der Waals surface area contributed by atoms with Crippen molar-refractivity contribution in [2.45, 2.75) is 13.0 Å². The van der Waals surface area contributed by atoms with Gasteiger partial charge in [-0.1, -0.05) is 0 Å². The van der Waals surface area contributed by atoms with Gasteiger partial charge in [0.1, 0.15) is 17.6 Å². The van der Waals surface area contributed by atoms with Crippen LogP contribution in [-0.4, -0.2) is 26.9 Å². The van der Waals surface area contributed by atoms with Crippen molar-refractivity contribution in [1.29, 1.82) is 0 Å². The van der Waals surface area contributed by atoms with E-state index in [4.69, 9.17) is 19.6 Å². The van der Waals surface area contributed by atoms with E-state index < -0.39 is 0 Å². The summed E-state index contributed by atoms with van der Waals surface area (Å²) in [7, 11) is 1.64. The van der Waals surface area contributed by atoms with E-state index in [2.05, 4.69) is 0 Å². The molecule has 0 saturated heterocycles. The zero-order valence-electron chi connectivity index (χ0n) is 8.66. The van der Waals surface area contributed by atoms with Gasteiger partial charge in [0.15, 0.2) is 0 Å². The minimum atomic E-state index is -0.168. The van der Waals surface area contributed by atoms with Crippen LogP contribution in [0.2, 0.25) is 0 Å². The van der Waals surface area contributed by atoms with Crippen molar-refractivity contribution in [3.63, 3.8) is 0 Å². The van der Waals surface area contributed by atoms with Crippen LogP contribution in [0.3, 0.4) is 0 Å². The fourth-order valence-electron chi connectivity index (χ4n) is 1.17. The van der Waals surface area contributed by atoms with Crippen molar-refractivity contribution >= 4 is 0 Å². The van der Waals surface area contributed by atoms with Gasteiger partial charge in [-0.25, -0.2) is 0 Å². The number of methoxy groups -OCH3 is 1. The van der Waals surface area contributed by atoms with E-state index in [0.29, 0.717) is 19.8 Å². The van der Waals surface area contributed by atoms with E-state index in [1.54, 1.807) is 7.11 Å². The molecule has 1 heterocycles. The van der Waals surface area contributed by atoms with Gasteiger partial charge in [0.2, 0.25) is 0 Å². The summed E-state index contributed by atoms with van der Waals surface area (Å²) >= 11 is 0. The molecule has 0 amide bonds. The topological polar surface area (TPSA) is 57.6 Å². The summed E-state index contributed by atoms with van der Waals surface area (Å²) in [6.07, 6.45) is -0.168. The molecule has 0 aliphatic rings. The van der Waals surface area contributed by atoms with Gasteiger partial charge in [-0.05, 0) is 19.1 Å². The number of furan rings is 1. The van der Waals surface area contributed by atoms with Gasteiger partial charge in [-0.2, -0.15) is 0 Å². The van der Waals surface area contributed by atoms with Crippen LogP contribution in [0.5, 0.6) is 0 Å². The minimum Gasteiger partial charge on any atom is -0.464 e. The maximum Gasteiger partial charge on any atom is 0.134 e. The zero-order valence-corrected chi connectivity index (χ0v) is 8.66. The molecule has 0 fully saturated rings. The fourth-order valence-corrected chi connectivity index (χ4v) is 1.17. The van der Waals surface area contributed by atoms with E-state index in [0.717, 1.165) is 11.5 Å². The van der Waals surface area contributed by atoms with E-state index in [-0.39, 0.29) is 6.10 Å². The molecule has 80 valence electrons. The van der Waals surface area contributed by atoms with Crippen molar-refractivity contribution < 1.29 is 13.9 Å². The quantitative estimate of drug-likeness (QED) is 0.700. The molecule has 4 nitrogen and oxygen atoms in total. The third-order valence-electron chi connectivity index (χ3n) is 1.90. The lowest BCUT2D eigenvalue weighted by Gasteiger charge is -2.12. The normalized spacial score (nSPS) is 13.1. The first-order valence-electron chi connectivity index (χ1n) is 4.65. The predicted octanol–water partition coefficient (Wildman–Crippen LogP) is 1.25. The highest BCUT2D eigenvalue weighted by Crippen LogP contribution is 2.18. The molecular formula is C10H17NO3. The lowest BCUT2D eigenvalue weighted by molar-refractivity contribution is 0.0102. The summed E-state index contributed by atoms with van der Waals surface area (Å²) in [6, 6.07) is 3.79. The fraction of sp³-hybridized carbons (Fsp3) is 0.600. The Labute approximate surface area is 84.0 Å². The molecule has 14 heavy (non-hydrogen) atoms. The third-order valence-corrected chi connectivity index (χ3v) is 1.90. The zero-order chi connectivity index (χ0) is 10.4. The van der Waals surface area contributed by atoms with Crippen molar-refractivity contribution in [2.24, 2.45) is 5.73 Å². The molecule has 0 bridgehead atoms. The molecule has 1 aromatic heterocycles. The Bertz CT molecular complexity index is 260. The van der Waals surface area contributed by atoms with Crippen LogP contribution in [-0.2, 0) is 9.47 Å². The average Bonchev–Trinajstić information content (AvgIpc) is 2.60. The van der Waals surface area contributed by atoms with Gasteiger partial charge in [-0.3, -0.25) is 0 Å². The standard InChI is InChI=1S/C10H17NO3/c1-8-3-4-9(14-8)10(7-11)13-6-5-12-2/h3-4,10H,5-7,11H2,1-2H3. The number of aryl methyl sites for hydroxylation is 1. The lowest BCUT2D eigenvalue weighted by atomic mass is 10.3. The molecule has 1 unspecified atom stereocenters. The second-order valence-electron chi connectivity index (χ2n) is 3.04. The molecule has 4 heteroatoms. The van der Waals surface area contributed by atoms with E-state index in [1.807, 2.05) is 19.1 Å². The van der Waals surface area contributed by atoms with Crippen LogP contribution < -0.4 is 5.73 Å². The van der Waals surface area contributed by atoms with E-state index in [1.165, 1.54) is 0 Å². The summed E-state index contributed by atoms with van der Waals surface area (Å²) < 4.78 is 15.8. The minimum absolute atomic E-state index is 0.168. The number of ether oxygens (including phenoxy) is 2. The SMILES string of the molecule is COCCOC(CN)c1ccc(C)o1. The van der Waals surface area contributed by atoms with Crippen LogP contribution in [0.25, 0.3) is 0 Å². The molecule has 0 aliphatic heterocycles. The van der Waals surface area contributed by atoms with E-state index in [9.17, 15) is 0 Å². The molecule has 0 spiro atoms. The first-order chi connectivity index (χ1) is 6.77. The summed E-state index contributed by atoms with van der Waals surface area (Å²) in [5.74, 6) is 1.65. The van der Waals surface area contributed by atoms with Gasteiger partial charge < -0.3 is 19.6 Å². The van der Waals surface area contributed by atoms with Crippen LogP contribution in [0.1, 0.15) is 17.6 Å². The summed E-state index contributed by atoms with van der Waals surface area (Å²) in [6.45, 7) is 3.40. The lowest BCUT2D eigenvalue weighted by Crippen LogP contribution is -2.17. The summed E-state index contributed by atoms with van der Waals surface area (Å²) in [5, 5.41) is 0. The molecule has 1 rings (SSSR count). The first kappa shape index (κ1) is 11.2. The second-order valence-corrected chi connectivity index (χ2v) is 3.04. The largest absolute Gasteiger partial charge is 0.464 e. The molecule has 0 aromatic carbocycles. The Morgan fingerprint density at radius 1 is 1.43 bits per heavy atom. The van der Waals surface area contributed by atoms with Gasteiger partial charge in [0.05, 0.1) is 13.2 Å². The number of hydrogen-bond donors (Lipinski definition) is 1. The Morgan fingerprint density at radius 2 is 2.21 bits per heavy atom. The highest BCUT2D eigenvalue weighted by atomic mass is 16.5. The van der Waals surface area contributed by atoms with Crippen molar-refractivity contribution in [3.8, 4) is 0 Å². The number of rotatable bonds is 6. The smallest absolute Gasteiger partial charge is 0.134 e. The van der Waals surface area contributed by atoms with Gasteiger partial charge in [0, 0.05) is 13.7 Å². The third kappa shape index (κ3) is 3.14. The molecule has 2 N–H and O–H groups in total. The predicted molar refractivity (Wildman–Crippen MR) is 53.1 cm³/mol. The van der Waals surface area contributed by atoms with Crippen molar-refractivity contribution in [3.05, 3.63) is 23.7 Å².